The zero-order valence-corrected chi connectivity index (χ0v) is 14.2. The summed E-state index contributed by atoms with van der Waals surface area (Å²) in [5.74, 6) is 0.816. The van der Waals surface area contributed by atoms with Crippen molar-refractivity contribution in [3.8, 4) is 5.75 Å². The first-order valence-electron chi connectivity index (χ1n) is 8.17. The molecule has 23 heavy (non-hydrogen) atoms. The van der Waals surface area contributed by atoms with Gasteiger partial charge in [0.25, 0.3) is 0 Å². The highest BCUT2D eigenvalue weighted by Crippen LogP contribution is 2.28. The summed E-state index contributed by atoms with van der Waals surface area (Å²) in [6.07, 6.45) is 1.91. The Morgan fingerprint density at radius 3 is 2.22 bits per heavy atom. The van der Waals surface area contributed by atoms with Gasteiger partial charge in [0.15, 0.2) is 0 Å². The van der Waals surface area contributed by atoms with Gasteiger partial charge in [-0.25, -0.2) is 4.39 Å². The van der Waals surface area contributed by atoms with E-state index in [0.717, 1.165) is 12.8 Å². The summed E-state index contributed by atoms with van der Waals surface area (Å²) in [6.45, 7) is 7.70. The molecule has 2 nitrogen and oxygen atoms in total. The molecule has 0 saturated carbocycles. The lowest BCUT2D eigenvalue weighted by Crippen LogP contribution is -2.16. The highest BCUT2D eigenvalue weighted by Gasteiger charge is 2.15. The molecule has 1 atom stereocenters. The summed E-state index contributed by atoms with van der Waals surface area (Å²) in [5.41, 5.74) is 11.3. The molecular weight excluding hydrogens is 289 g/mol. The molecule has 2 aromatic carbocycles. The van der Waals surface area contributed by atoms with E-state index >= 15 is 0 Å². The zero-order valence-electron chi connectivity index (χ0n) is 14.2. The second-order valence-electron chi connectivity index (χ2n) is 6.19. The Kier molecular flexibility index (Phi) is 6.17. The minimum absolute atomic E-state index is 0.245. The molecule has 0 aliphatic rings. The van der Waals surface area contributed by atoms with Crippen molar-refractivity contribution in [3.63, 3.8) is 0 Å². The predicted octanol–water partition coefficient (Wildman–Crippen LogP) is 4.65. The fourth-order valence-electron chi connectivity index (χ4n) is 3.27. The van der Waals surface area contributed by atoms with E-state index in [1.807, 2.05) is 0 Å². The lowest BCUT2D eigenvalue weighted by Gasteiger charge is -2.21. The molecule has 2 N–H and O–H groups in total. The highest BCUT2D eigenvalue weighted by atomic mass is 19.1. The van der Waals surface area contributed by atoms with Gasteiger partial charge in [0.05, 0.1) is 6.61 Å². The van der Waals surface area contributed by atoms with E-state index in [1.54, 1.807) is 12.1 Å². The minimum Gasteiger partial charge on any atom is -0.494 e. The predicted molar refractivity (Wildman–Crippen MR) is 93.6 cm³/mol. The van der Waals surface area contributed by atoms with Gasteiger partial charge >= 0.3 is 0 Å². The van der Waals surface area contributed by atoms with Crippen LogP contribution in [0.4, 0.5) is 4.39 Å². The molecule has 2 aromatic rings. The van der Waals surface area contributed by atoms with E-state index in [1.165, 1.54) is 34.4 Å². The Labute approximate surface area is 138 Å². The largest absolute Gasteiger partial charge is 0.494 e. The SMILES string of the molecule is Cc1cc(C)c(C(CN)CCCOc2ccc(F)cc2)c(C)c1. The molecule has 0 heterocycles. The molecule has 0 saturated heterocycles. The third kappa shape index (κ3) is 4.80. The van der Waals surface area contributed by atoms with Crippen LogP contribution in [0.25, 0.3) is 0 Å². The number of nitrogens with two attached hydrogens (primary N) is 1. The molecule has 0 radical (unpaired) electrons. The first kappa shape index (κ1) is 17.5. The van der Waals surface area contributed by atoms with Crippen LogP contribution >= 0.6 is 0 Å². The van der Waals surface area contributed by atoms with E-state index in [-0.39, 0.29) is 5.82 Å². The van der Waals surface area contributed by atoms with Gasteiger partial charge in [0.2, 0.25) is 0 Å². The smallest absolute Gasteiger partial charge is 0.123 e. The number of rotatable bonds is 7. The molecule has 0 aromatic heterocycles. The van der Waals surface area contributed by atoms with Crippen molar-refractivity contribution in [2.75, 3.05) is 13.2 Å². The molecule has 0 amide bonds. The molecule has 0 aliphatic carbocycles. The normalized spacial score (nSPS) is 12.2. The van der Waals surface area contributed by atoms with Crippen molar-refractivity contribution in [1.82, 2.24) is 0 Å². The van der Waals surface area contributed by atoms with Crippen LogP contribution in [-0.2, 0) is 0 Å². The maximum absolute atomic E-state index is 12.8. The van der Waals surface area contributed by atoms with Crippen LogP contribution in [0.3, 0.4) is 0 Å². The average Bonchev–Trinajstić information content (AvgIpc) is 2.50. The van der Waals surface area contributed by atoms with Crippen LogP contribution in [-0.4, -0.2) is 13.2 Å². The van der Waals surface area contributed by atoms with E-state index < -0.39 is 0 Å². The van der Waals surface area contributed by atoms with Crippen molar-refractivity contribution >= 4 is 0 Å². The standard InChI is InChI=1S/C20H26FNO/c1-14-11-15(2)20(16(3)12-14)17(13-22)5-4-10-23-19-8-6-18(21)7-9-19/h6-9,11-12,17H,4-5,10,13,22H2,1-3H3. The fourth-order valence-corrected chi connectivity index (χ4v) is 3.27. The number of hydrogen-bond acceptors (Lipinski definition) is 2. The maximum atomic E-state index is 12.8. The summed E-state index contributed by atoms with van der Waals surface area (Å²) in [7, 11) is 0. The van der Waals surface area contributed by atoms with Gasteiger partial charge in [-0.1, -0.05) is 17.7 Å². The summed E-state index contributed by atoms with van der Waals surface area (Å²) >= 11 is 0. The maximum Gasteiger partial charge on any atom is 0.123 e. The molecule has 0 spiro atoms. The Bertz CT molecular complexity index is 614. The molecule has 0 bridgehead atoms. The third-order valence-corrected chi connectivity index (χ3v) is 4.21. The van der Waals surface area contributed by atoms with Crippen molar-refractivity contribution in [2.45, 2.75) is 39.5 Å². The van der Waals surface area contributed by atoms with Gasteiger partial charge in [0.1, 0.15) is 11.6 Å². The average molecular weight is 315 g/mol. The van der Waals surface area contributed by atoms with Crippen molar-refractivity contribution in [3.05, 3.63) is 64.5 Å². The van der Waals surface area contributed by atoms with Gasteiger partial charge in [0, 0.05) is 0 Å². The molecule has 0 fully saturated rings. The van der Waals surface area contributed by atoms with Crippen molar-refractivity contribution in [2.24, 2.45) is 5.73 Å². The van der Waals surface area contributed by atoms with Crippen molar-refractivity contribution < 1.29 is 9.13 Å². The Morgan fingerprint density at radius 2 is 1.65 bits per heavy atom. The van der Waals surface area contributed by atoms with Gasteiger partial charge in [-0.2, -0.15) is 0 Å². The Hall–Kier alpha value is -1.87. The van der Waals surface area contributed by atoms with E-state index in [4.69, 9.17) is 10.5 Å². The lowest BCUT2D eigenvalue weighted by molar-refractivity contribution is 0.301. The zero-order chi connectivity index (χ0) is 16.8. The third-order valence-electron chi connectivity index (χ3n) is 4.21. The number of aryl methyl sites for hydroxylation is 3. The topological polar surface area (TPSA) is 35.2 Å². The van der Waals surface area contributed by atoms with E-state index in [9.17, 15) is 4.39 Å². The van der Waals surface area contributed by atoms with Gasteiger partial charge < -0.3 is 10.5 Å². The van der Waals surface area contributed by atoms with Gasteiger partial charge in [-0.15, -0.1) is 0 Å². The highest BCUT2D eigenvalue weighted by molar-refractivity contribution is 5.40. The first-order valence-corrected chi connectivity index (χ1v) is 8.17. The number of benzene rings is 2. The summed E-state index contributed by atoms with van der Waals surface area (Å²) in [6, 6.07) is 10.6. The van der Waals surface area contributed by atoms with Gasteiger partial charge in [-0.05, 0) is 87.0 Å². The number of ether oxygens (including phenoxy) is 1. The Balaban J connectivity index is 1.91. The first-order chi connectivity index (χ1) is 11.0. The monoisotopic (exact) mass is 315 g/mol. The summed E-state index contributed by atoms with van der Waals surface area (Å²) in [5, 5.41) is 0. The molecule has 2 rings (SSSR count). The van der Waals surface area contributed by atoms with E-state index in [0.29, 0.717) is 24.8 Å². The molecule has 3 heteroatoms. The number of hydrogen-bond donors (Lipinski definition) is 1. The fraction of sp³-hybridized carbons (Fsp3) is 0.400. The van der Waals surface area contributed by atoms with Crippen molar-refractivity contribution in [1.29, 1.82) is 0 Å². The van der Waals surface area contributed by atoms with Crippen LogP contribution in [0.2, 0.25) is 0 Å². The number of halogens is 1. The van der Waals surface area contributed by atoms with Crippen LogP contribution in [0.1, 0.15) is 41.0 Å². The molecule has 0 aliphatic heterocycles. The van der Waals surface area contributed by atoms with Crippen LogP contribution in [0.15, 0.2) is 36.4 Å². The molecule has 1 unspecified atom stereocenters. The van der Waals surface area contributed by atoms with Gasteiger partial charge in [-0.3, -0.25) is 0 Å². The van der Waals surface area contributed by atoms with E-state index in [2.05, 4.69) is 32.9 Å². The molecule has 124 valence electrons. The lowest BCUT2D eigenvalue weighted by atomic mass is 9.86. The molecular formula is C20H26FNO. The van der Waals surface area contributed by atoms with Crippen LogP contribution in [0.5, 0.6) is 5.75 Å². The summed E-state index contributed by atoms with van der Waals surface area (Å²) in [4.78, 5) is 0. The summed E-state index contributed by atoms with van der Waals surface area (Å²) < 4.78 is 18.5. The Morgan fingerprint density at radius 1 is 1.04 bits per heavy atom. The van der Waals surface area contributed by atoms with Crippen LogP contribution < -0.4 is 10.5 Å². The van der Waals surface area contributed by atoms with Crippen LogP contribution in [0, 0.1) is 26.6 Å². The minimum atomic E-state index is -0.245. The second kappa shape index (κ2) is 8.11. The quantitative estimate of drug-likeness (QED) is 0.755. The second-order valence-corrected chi connectivity index (χ2v) is 6.19.